The Hall–Kier alpha value is -1.57. The number of hydrogen-bond acceptors (Lipinski definition) is 4. The molecule has 0 bridgehead atoms. The van der Waals surface area contributed by atoms with Gasteiger partial charge in [0.25, 0.3) is 0 Å². The molecule has 0 aliphatic heterocycles. The molecule has 1 heterocycles. The maximum Gasteiger partial charge on any atom is 0.138 e. The number of hydrogen-bond donors (Lipinski definition) is 1. The summed E-state index contributed by atoms with van der Waals surface area (Å²) in [5, 5.41) is 15.9. The van der Waals surface area contributed by atoms with Crippen molar-refractivity contribution < 1.29 is 0 Å². The van der Waals surface area contributed by atoms with E-state index in [4.69, 9.17) is 5.26 Å². The van der Waals surface area contributed by atoms with Crippen molar-refractivity contribution >= 4 is 0 Å². The Morgan fingerprint density at radius 1 is 1.58 bits per heavy atom. The summed E-state index contributed by atoms with van der Waals surface area (Å²) in [6.45, 7) is 2.04. The van der Waals surface area contributed by atoms with E-state index in [1.54, 1.807) is 4.68 Å². The van der Waals surface area contributed by atoms with Crippen molar-refractivity contribution in [2.45, 2.75) is 25.8 Å². The monoisotopic (exact) mass is 165 g/mol. The van der Waals surface area contributed by atoms with Gasteiger partial charge in [-0.15, -0.1) is 10.2 Å². The molecule has 0 radical (unpaired) electrons. The van der Waals surface area contributed by atoms with E-state index in [1.165, 1.54) is 12.7 Å². The predicted octanol–water partition coefficient (Wildman–Crippen LogP) is 0.514. The molecular weight excluding hydrogens is 154 g/mol. The van der Waals surface area contributed by atoms with Crippen molar-refractivity contribution in [2.75, 3.05) is 5.43 Å². The van der Waals surface area contributed by atoms with E-state index < -0.39 is 0 Å². The summed E-state index contributed by atoms with van der Waals surface area (Å²) in [6, 6.07) is 1.99. The van der Waals surface area contributed by atoms with Gasteiger partial charge in [-0.1, -0.05) is 13.3 Å². The van der Waals surface area contributed by atoms with Crippen molar-refractivity contribution in [3.8, 4) is 6.07 Å². The standard InChI is InChI=1S/C7H11N5/c1-2-3-7(4-8)11-12-5-9-10-6-12/h5-7,11H,2-3H2,1H3. The zero-order valence-electron chi connectivity index (χ0n) is 6.94. The summed E-state index contributed by atoms with van der Waals surface area (Å²) < 4.78 is 1.59. The van der Waals surface area contributed by atoms with E-state index in [0.717, 1.165) is 12.8 Å². The first-order chi connectivity index (χ1) is 5.86. The Morgan fingerprint density at radius 2 is 2.25 bits per heavy atom. The van der Waals surface area contributed by atoms with Gasteiger partial charge in [0.2, 0.25) is 0 Å². The van der Waals surface area contributed by atoms with Gasteiger partial charge in [-0.3, -0.25) is 0 Å². The minimum absolute atomic E-state index is 0.161. The van der Waals surface area contributed by atoms with Gasteiger partial charge < -0.3 is 5.43 Å². The van der Waals surface area contributed by atoms with Crippen LogP contribution in [0.25, 0.3) is 0 Å². The first-order valence-corrected chi connectivity index (χ1v) is 3.87. The van der Waals surface area contributed by atoms with Crippen LogP contribution in [0.3, 0.4) is 0 Å². The highest BCUT2D eigenvalue weighted by Crippen LogP contribution is 1.95. The molecule has 0 amide bonds. The molecule has 1 rings (SSSR count). The molecule has 0 spiro atoms. The van der Waals surface area contributed by atoms with Crippen LogP contribution in [0.1, 0.15) is 19.8 Å². The van der Waals surface area contributed by atoms with Crippen LogP contribution >= 0.6 is 0 Å². The van der Waals surface area contributed by atoms with Gasteiger partial charge in [-0.05, 0) is 6.42 Å². The number of nitrogens with zero attached hydrogens (tertiary/aromatic N) is 4. The van der Waals surface area contributed by atoms with Crippen LogP contribution < -0.4 is 5.43 Å². The van der Waals surface area contributed by atoms with Crippen LogP contribution in [-0.2, 0) is 0 Å². The number of rotatable bonds is 4. The zero-order chi connectivity index (χ0) is 8.81. The van der Waals surface area contributed by atoms with Crippen LogP contribution in [0.2, 0.25) is 0 Å². The normalized spacial score (nSPS) is 12.0. The van der Waals surface area contributed by atoms with Crippen LogP contribution in [0.15, 0.2) is 12.7 Å². The maximum absolute atomic E-state index is 8.69. The van der Waals surface area contributed by atoms with E-state index in [2.05, 4.69) is 21.7 Å². The summed E-state index contributed by atoms with van der Waals surface area (Å²) in [7, 11) is 0. The average Bonchev–Trinajstić information content (AvgIpc) is 2.56. The third-order valence-corrected chi connectivity index (χ3v) is 1.46. The molecule has 1 unspecified atom stereocenters. The predicted molar refractivity (Wildman–Crippen MR) is 43.7 cm³/mol. The van der Waals surface area contributed by atoms with E-state index in [0.29, 0.717) is 0 Å². The van der Waals surface area contributed by atoms with E-state index in [1.807, 2.05) is 6.92 Å². The Bertz CT molecular complexity index is 247. The molecule has 0 saturated carbocycles. The molecule has 1 atom stereocenters. The molecule has 0 aromatic carbocycles. The van der Waals surface area contributed by atoms with Crippen LogP contribution in [-0.4, -0.2) is 20.9 Å². The molecule has 1 N–H and O–H groups in total. The first kappa shape index (κ1) is 8.53. The second kappa shape index (κ2) is 4.34. The summed E-state index contributed by atoms with van der Waals surface area (Å²) >= 11 is 0. The van der Waals surface area contributed by atoms with Crippen LogP contribution in [0.5, 0.6) is 0 Å². The van der Waals surface area contributed by atoms with E-state index in [-0.39, 0.29) is 6.04 Å². The molecule has 0 aliphatic rings. The van der Waals surface area contributed by atoms with Gasteiger partial charge in [0.15, 0.2) is 0 Å². The minimum atomic E-state index is -0.161. The Morgan fingerprint density at radius 3 is 2.75 bits per heavy atom. The molecule has 0 saturated heterocycles. The van der Waals surface area contributed by atoms with Crippen molar-refractivity contribution in [3.63, 3.8) is 0 Å². The lowest BCUT2D eigenvalue weighted by Crippen LogP contribution is -2.25. The number of nitriles is 1. The van der Waals surface area contributed by atoms with Crippen molar-refractivity contribution in [1.82, 2.24) is 14.9 Å². The largest absolute Gasteiger partial charge is 0.306 e. The first-order valence-electron chi connectivity index (χ1n) is 3.87. The summed E-state index contributed by atoms with van der Waals surface area (Å²) in [5.74, 6) is 0. The molecule has 64 valence electrons. The SMILES string of the molecule is CCCC(C#N)Nn1cnnc1. The van der Waals surface area contributed by atoms with Gasteiger partial charge in [0.05, 0.1) is 6.07 Å². The average molecular weight is 165 g/mol. The van der Waals surface area contributed by atoms with Crippen LogP contribution in [0.4, 0.5) is 0 Å². The fraction of sp³-hybridized carbons (Fsp3) is 0.571. The summed E-state index contributed by atoms with van der Waals surface area (Å²) in [6.07, 6.45) is 4.86. The van der Waals surface area contributed by atoms with Crippen molar-refractivity contribution in [1.29, 1.82) is 5.26 Å². The fourth-order valence-electron chi connectivity index (χ4n) is 0.894. The highest BCUT2D eigenvalue weighted by molar-refractivity contribution is 4.98. The second-order valence-corrected chi connectivity index (χ2v) is 2.47. The van der Waals surface area contributed by atoms with Gasteiger partial charge in [-0.2, -0.15) is 5.26 Å². The third kappa shape index (κ3) is 2.23. The fourth-order valence-corrected chi connectivity index (χ4v) is 0.894. The highest BCUT2D eigenvalue weighted by atomic mass is 15.5. The molecule has 1 aromatic rings. The molecule has 0 aliphatic carbocycles. The zero-order valence-corrected chi connectivity index (χ0v) is 6.94. The molecule has 12 heavy (non-hydrogen) atoms. The van der Waals surface area contributed by atoms with Gasteiger partial charge >= 0.3 is 0 Å². The van der Waals surface area contributed by atoms with E-state index in [9.17, 15) is 0 Å². The summed E-state index contributed by atoms with van der Waals surface area (Å²) in [4.78, 5) is 0. The minimum Gasteiger partial charge on any atom is -0.306 e. The number of aromatic nitrogens is 3. The topological polar surface area (TPSA) is 66.5 Å². The maximum atomic E-state index is 8.69. The Labute approximate surface area is 71.0 Å². The third-order valence-electron chi connectivity index (χ3n) is 1.46. The van der Waals surface area contributed by atoms with Crippen molar-refractivity contribution in [2.24, 2.45) is 0 Å². The lowest BCUT2D eigenvalue weighted by molar-refractivity contribution is 0.672. The lowest BCUT2D eigenvalue weighted by atomic mass is 10.2. The molecule has 0 fully saturated rings. The smallest absolute Gasteiger partial charge is 0.138 e. The van der Waals surface area contributed by atoms with Gasteiger partial charge in [-0.25, -0.2) is 4.68 Å². The molecular formula is C7H11N5. The molecule has 5 nitrogen and oxygen atoms in total. The van der Waals surface area contributed by atoms with Gasteiger partial charge in [0, 0.05) is 0 Å². The Kier molecular flexibility index (Phi) is 3.08. The Balaban J connectivity index is 2.44. The van der Waals surface area contributed by atoms with Crippen LogP contribution in [0, 0.1) is 11.3 Å². The molecule has 5 heteroatoms. The quantitative estimate of drug-likeness (QED) is 0.706. The number of nitrogens with one attached hydrogen (secondary N) is 1. The highest BCUT2D eigenvalue weighted by Gasteiger charge is 2.03. The van der Waals surface area contributed by atoms with Crippen molar-refractivity contribution in [3.05, 3.63) is 12.7 Å². The van der Waals surface area contributed by atoms with E-state index >= 15 is 0 Å². The summed E-state index contributed by atoms with van der Waals surface area (Å²) in [5.41, 5.74) is 2.94. The van der Waals surface area contributed by atoms with Gasteiger partial charge in [0.1, 0.15) is 18.7 Å². The second-order valence-electron chi connectivity index (χ2n) is 2.47. The molecule has 1 aromatic heterocycles. The lowest BCUT2D eigenvalue weighted by Gasteiger charge is -2.10.